The Morgan fingerprint density at radius 3 is 2.71 bits per heavy atom. The molecular formula is C16H18N2O3. The van der Waals surface area contributed by atoms with Crippen LogP contribution in [0.25, 0.3) is 11.3 Å². The molecule has 0 saturated heterocycles. The lowest BCUT2D eigenvalue weighted by Gasteiger charge is -2.12. The molecule has 0 aliphatic rings. The third-order valence-corrected chi connectivity index (χ3v) is 3.05. The summed E-state index contributed by atoms with van der Waals surface area (Å²) in [7, 11) is 0. The highest BCUT2D eigenvalue weighted by Crippen LogP contribution is 2.28. The Morgan fingerprint density at radius 1 is 1.29 bits per heavy atom. The van der Waals surface area contributed by atoms with Crippen molar-refractivity contribution in [3.8, 4) is 17.0 Å². The largest absolute Gasteiger partial charge is 0.493 e. The van der Waals surface area contributed by atoms with Crippen LogP contribution < -0.4 is 10.3 Å². The van der Waals surface area contributed by atoms with Crippen LogP contribution in [0.15, 0.2) is 35.1 Å². The molecule has 0 aliphatic carbocycles. The summed E-state index contributed by atoms with van der Waals surface area (Å²) in [6.45, 7) is 4.85. The van der Waals surface area contributed by atoms with Crippen molar-refractivity contribution in [1.82, 2.24) is 9.78 Å². The molecule has 0 bridgehead atoms. The average Bonchev–Trinajstić information content (AvgIpc) is 2.53. The van der Waals surface area contributed by atoms with Gasteiger partial charge in [0.05, 0.1) is 17.9 Å². The SMILES string of the molecule is CCCOc1ccccc1-c1cc(C=O)c(=O)n(CC)n1. The molecule has 0 saturated carbocycles. The molecule has 5 nitrogen and oxygen atoms in total. The van der Waals surface area contributed by atoms with E-state index in [1.807, 2.05) is 38.1 Å². The van der Waals surface area contributed by atoms with E-state index >= 15 is 0 Å². The van der Waals surface area contributed by atoms with Crippen molar-refractivity contribution in [2.24, 2.45) is 0 Å². The average molecular weight is 286 g/mol. The minimum atomic E-state index is -0.372. The summed E-state index contributed by atoms with van der Waals surface area (Å²) in [6.07, 6.45) is 1.46. The number of hydrogen-bond acceptors (Lipinski definition) is 4. The van der Waals surface area contributed by atoms with E-state index in [1.165, 1.54) is 10.7 Å². The van der Waals surface area contributed by atoms with Crippen molar-refractivity contribution in [3.05, 3.63) is 46.2 Å². The quantitative estimate of drug-likeness (QED) is 0.766. The van der Waals surface area contributed by atoms with Crippen LogP contribution in [-0.2, 0) is 6.54 Å². The van der Waals surface area contributed by atoms with Crippen molar-refractivity contribution in [2.75, 3.05) is 6.61 Å². The van der Waals surface area contributed by atoms with Crippen LogP contribution in [0, 0.1) is 0 Å². The summed E-state index contributed by atoms with van der Waals surface area (Å²) in [4.78, 5) is 23.0. The molecule has 0 atom stereocenters. The summed E-state index contributed by atoms with van der Waals surface area (Å²) in [5.41, 5.74) is 1.07. The third kappa shape index (κ3) is 3.18. The molecule has 0 radical (unpaired) electrons. The monoisotopic (exact) mass is 286 g/mol. The zero-order valence-electron chi connectivity index (χ0n) is 12.2. The number of aryl methyl sites for hydroxylation is 1. The Hall–Kier alpha value is -2.43. The number of ether oxygens (including phenoxy) is 1. The summed E-state index contributed by atoms with van der Waals surface area (Å²) < 4.78 is 6.99. The van der Waals surface area contributed by atoms with Crippen LogP contribution >= 0.6 is 0 Å². The number of carbonyl (C=O) groups excluding carboxylic acids is 1. The second-order valence-electron chi connectivity index (χ2n) is 4.57. The molecule has 0 N–H and O–H groups in total. The normalized spacial score (nSPS) is 10.4. The van der Waals surface area contributed by atoms with E-state index < -0.39 is 0 Å². The van der Waals surface area contributed by atoms with Gasteiger partial charge in [0.25, 0.3) is 5.56 Å². The van der Waals surface area contributed by atoms with E-state index in [9.17, 15) is 9.59 Å². The van der Waals surface area contributed by atoms with Gasteiger partial charge in [-0.05, 0) is 31.5 Å². The maximum atomic E-state index is 11.9. The fourth-order valence-electron chi connectivity index (χ4n) is 2.01. The molecule has 0 unspecified atom stereocenters. The molecule has 5 heteroatoms. The first-order chi connectivity index (χ1) is 10.2. The van der Waals surface area contributed by atoms with Gasteiger partial charge in [-0.15, -0.1) is 0 Å². The second-order valence-corrected chi connectivity index (χ2v) is 4.57. The van der Waals surface area contributed by atoms with Crippen LogP contribution in [0.2, 0.25) is 0 Å². The lowest BCUT2D eigenvalue weighted by molar-refractivity contribution is 0.112. The van der Waals surface area contributed by atoms with E-state index in [2.05, 4.69) is 5.10 Å². The topological polar surface area (TPSA) is 61.2 Å². The number of para-hydroxylation sites is 1. The minimum absolute atomic E-state index is 0.104. The maximum absolute atomic E-state index is 11.9. The summed E-state index contributed by atoms with van der Waals surface area (Å²) >= 11 is 0. The molecule has 1 aromatic heterocycles. The van der Waals surface area contributed by atoms with E-state index in [-0.39, 0.29) is 11.1 Å². The molecule has 21 heavy (non-hydrogen) atoms. The number of aromatic nitrogens is 2. The van der Waals surface area contributed by atoms with Gasteiger partial charge in [0, 0.05) is 12.1 Å². The van der Waals surface area contributed by atoms with Gasteiger partial charge in [-0.3, -0.25) is 9.59 Å². The molecule has 2 rings (SSSR count). The number of carbonyl (C=O) groups is 1. The predicted molar refractivity (Wildman–Crippen MR) is 80.8 cm³/mol. The van der Waals surface area contributed by atoms with E-state index in [1.54, 1.807) is 0 Å². The summed E-state index contributed by atoms with van der Waals surface area (Å²) in [5.74, 6) is 0.699. The second kappa shape index (κ2) is 6.83. The van der Waals surface area contributed by atoms with Crippen molar-refractivity contribution < 1.29 is 9.53 Å². The number of hydrogen-bond donors (Lipinski definition) is 0. The van der Waals surface area contributed by atoms with Crippen molar-refractivity contribution >= 4 is 6.29 Å². The Morgan fingerprint density at radius 2 is 2.05 bits per heavy atom. The fraction of sp³-hybridized carbons (Fsp3) is 0.312. The standard InChI is InChI=1S/C16H18N2O3/c1-3-9-21-15-8-6-5-7-13(15)14-10-12(11-19)16(20)18(4-2)17-14/h5-8,10-11H,3-4,9H2,1-2H3. The molecule has 2 aromatic rings. The highest BCUT2D eigenvalue weighted by Gasteiger charge is 2.12. The lowest BCUT2D eigenvalue weighted by Crippen LogP contribution is -2.25. The first-order valence-electron chi connectivity index (χ1n) is 7.00. The van der Waals surface area contributed by atoms with E-state index in [0.29, 0.717) is 30.9 Å². The van der Waals surface area contributed by atoms with Crippen molar-refractivity contribution in [2.45, 2.75) is 26.8 Å². The molecule has 0 aliphatic heterocycles. The smallest absolute Gasteiger partial charge is 0.277 e. The predicted octanol–water partition coefficient (Wildman–Crippen LogP) is 2.53. The van der Waals surface area contributed by atoms with Gasteiger partial charge in [-0.2, -0.15) is 5.10 Å². The van der Waals surface area contributed by atoms with Gasteiger partial charge in [0.15, 0.2) is 6.29 Å². The molecule has 1 heterocycles. The highest BCUT2D eigenvalue weighted by molar-refractivity contribution is 5.78. The van der Waals surface area contributed by atoms with Crippen LogP contribution in [0.4, 0.5) is 0 Å². The molecule has 110 valence electrons. The van der Waals surface area contributed by atoms with Gasteiger partial charge >= 0.3 is 0 Å². The zero-order chi connectivity index (χ0) is 15.2. The fourth-order valence-corrected chi connectivity index (χ4v) is 2.01. The number of rotatable bonds is 6. The summed E-state index contributed by atoms with van der Waals surface area (Å²) in [6, 6.07) is 8.99. The van der Waals surface area contributed by atoms with Crippen molar-refractivity contribution in [3.63, 3.8) is 0 Å². The van der Waals surface area contributed by atoms with E-state index in [4.69, 9.17) is 4.74 Å². The molecule has 0 fully saturated rings. The third-order valence-electron chi connectivity index (χ3n) is 3.05. The molecular weight excluding hydrogens is 268 g/mol. The zero-order valence-corrected chi connectivity index (χ0v) is 12.2. The van der Waals surface area contributed by atoms with Crippen LogP contribution in [0.5, 0.6) is 5.75 Å². The number of aldehydes is 1. The van der Waals surface area contributed by atoms with Gasteiger partial charge in [-0.25, -0.2) is 4.68 Å². The Labute approximate surface area is 123 Å². The highest BCUT2D eigenvalue weighted by atomic mass is 16.5. The minimum Gasteiger partial charge on any atom is -0.493 e. The van der Waals surface area contributed by atoms with E-state index in [0.717, 1.165) is 12.0 Å². The first kappa shape index (κ1) is 15.0. The number of benzene rings is 1. The van der Waals surface area contributed by atoms with Gasteiger partial charge < -0.3 is 4.74 Å². The van der Waals surface area contributed by atoms with Gasteiger partial charge in [0.1, 0.15) is 5.75 Å². The Balaban J connectivity index is 2.56. The Bertz CT molecular complexity index is 692. The van der Waals surface area contributed by atoms with Crippen LogP contribution in [0.1, 0.15) is 30.6 Å². The molecule has 0 spiro atoms. The van der Waals surface area contributed by atoms with Crippen LogP contribution in [-0.4, -0.2) is 22.7 Å². The molecule has 0 amide bonds. The van der Waals surface area contributed by atoms with Crippen molar-refractivity contribution in [1.29, 1.82) is 0 Å². The number of nitrogens with zero attached hydrogens (tertiary/aromatic N) is 2. The Kier molecular flexibility index (Phi) is 4.87. The van der Waals surface area contributed by atoms with Gasteiger partial charge in [-0.1, -0.05) is 19.1 Å². The summed E-state index contributed by atoms with van der Waals surface area (Å²) in [5, 5.41) is 4.30. The molecule has 1 aromatic carbocycles. The maximum Gasteiger partial charge on any atom is 0.277 e. The van der Waals surface area contributed by atoms with Crippen LogP contribution in [0.3, 0.4) is 0 Å². The lowest BCUT2D eigenvalue weighted by atomic mass is 10.1. The first-order valence-corrected chi connectivity index (χ1v) is 7.00. The van der Waals surface area contributed by atoms with Gasteiger partial charge in [0.2, 0.25) is 0 Å².